The summed E-state index contributed by atoms with van der Waals surface area (Å²) in [5.74, 6) is -0.374. The van der Waals surface area contributed by atoms with Crippen molar-refractivity contribution in [2.24, 2.45) is 0 Å². The molecule has 0 aliphatic carbocycles. The maximum Gasteiger partial charge on any atom is 0.259 e. The van der Waals surface area contributed by atoms with E-state index in [2.05, 4.69) is 26.7 Å². The van der Waals surface area contributed by atoms with Crippen molar-refractivity contribution in [3.8, 4) is 11.1 Å². The molecule has 0 radical (unpaired) electrons. The van der Waals surface area contributed by atoms with Crippen LogP contribution < -0.4 is 5.56 Å². The lowest BCUT2D eigenvalue weighted by atomic mass is 9.98. The van der Waals surface area contributed by atoms with E-state index in [1.54, 1.807) is 41.9 Å². The lowest BCUT2D eigenvalue weighted by Crippen LogP contribution is -2.36. The number of benzene rings is 1. The van der Waals surface area contributed by atoms with Crippen molar-refractivity contribution in [1.82, 2.24) is 14.5 Å². The molecular weight excluding hydrogens is 409 g/mol. The molecule has 4 aromatic rings. The van der Waals surface area contributed by atoms with Gasteiger partial charge < -0.3 is 4.57 Å². The summed E-state index contributed by atoms with van der Waals surface area (Å²) in [6.45, 7) is 2.96. The van der Waals surface area contributed by atoms with E-state index in [4.69, 9.17) is 0 Å². The molecule has 1 aromatic carbocycles. The van der Waals surface area contributed by atoms with Crippen molar-refractivity contribution in [2.45, 2.75) is 26.1 Å². The van der Waals surface area contributed by atoms with Crippen LogP contribution in [0.4, 0.5) is 4.39 Å². The quantitative estimate of drug-likeness (QED) is 0.459. The van der Waals surface area contributed by atoms with Crippen molar-refractivity contribution in [3.63, 3.8) is 0 Å². The highest BCUT2D eigenvalue weighted by molar-refractivity contribution is 7.07. The molecule has 31 heavy (non-hydrogen) atoms. The van der Waals surface area contributed by atoms with Gasteiger partial charge in [0.25, 0.3) is 5.56 Å². The summed E-state index contributed by atoms with van der Waals surface area (Å²) in [6.07, 6.45) is 4.25. The predicted molar refractivity (Wildman–Crippen MR) is 122 cm³/mol. The third-order valence-corrected chi connectivity index (χ3v) is 6.52. The summed E-state index contributed by atoms with van der Waals surface area (Å²) in [4.78, 5) is 20.0. The zero-order chi connectivity index (χ0) is 21.2. The summed E-state index contributed by atoms with van der Waals surface area (Å²) in [6, 6.07) is 14.4. The summed E-state index contributed by atoms with van der Waals surface area (Å²) in [5.41, 5.74) is 5.07. The van der Waals surface area contributed by atoms with Gasteiger partial charge in [-0.05, 0) is 57.8 Å². The molecule has 3 aromatic heterocycles. The number of nitrogens with zero attached hydrogens (tertiary/aromatic N) is 3. The molecule has 1 aliphatic rings. The van der Waals surface area contributed by atoms with E-state index in [1.165, 1.54) is 11.6 Å². The van der Waals surface area contributed by atoms with Crippen molar-refractivity contribution >= 4 is 11.3 Å². The molecule has 0 saturated carbocycles. The van der Waals surface area contributed by atoms with Crippen LogP contribution in [-0.2, 0) is 26.1 Å². The van der Waals surface area contributed by atoms with E-state index in [9.17, 15) is 9.18 Å². The minimum absolute atomic E-state index is 0.146. The van der Waals surface area contributed by atoms with Gasteiger partial charge >= 0.3 is 0 Å². The second-order valence-electron chi connectivity index (χ2n) is 7.85. The van der Waals surface area contributed by atoms with E-state index in [1.807, 2.05) is 22.8 Å². The fourth-order valence-corrected chi connectivity index (χ4v) is 4.92. The molecule has 4 heterocycles. The number of thiophene rings is 1. The predicted octanol–water partition coefficient (Wildman–Crippen LogP) is 4.72. The van der Waals surface area contributed by atoms with Gasteiger partial charge in [-0.25, -0.2) is 4.39 Å². The molecular formula is C25H22FN3OS. The number of hydrogen-bond acceptors (Lipinski definition) is 4. The highest BCUT2D eigenvalue weighted by Crippen LogP contribution is 2.27. The smallest absolute Gasteiger partial charge is 0.259 e. The molecule has 0 N–H and O–H groups in total. The van der Waals surface area contributed by atoms with E-state index >= 15 is 0 Å². The Hall–Kier alpha value is -3.09. The van der Waals surface area contributed by atoms with Crippen LogP contribution >= 0.6 is 11.3 Å². The normalized spacial score (nSPS) is 13.8. The van der Waals surface area contributed by atoms with Crippen LogP contribution in [0.5, 0.6) is 0 Å². The van der Waals surface area contributed by atoms with Gasteiger partial charge in [-0.15, -0.1) is 0 Å². The maximum absolute atomic E-state index is 14.6. The first-order valence-corrected chi connectivity index (χ1v) is 11.3. The minimum atomic E-state index is -0.374. The first-order chi connectivity index (χ1) is 15.2. The van der Waals surface area contributed by atoms with Crippen LogP contribution in [0.25, 0.3) is 11.1 Å². The maximum atomic E-state index is 14.6. The Kier molecular flexibility index (Phi) is 5.49. The number of fused-ring (bicyclic) bond motifs is 1. The lowest BCUT2D eigenvalue weighted by Gasteiger charge is -2.31. The van der Waals surface area contributed by atoms with Gasteiger partial charge in [0.05, 0.1) is 12.1 Å². The van der Waals surface area contributed by atoms with Crippen molar-refractivity contribution in [3.05, 3.63) is 110 Å². The molecule has 6 heteroatoms. The topological polar surface area (TPSA) is 38.1 Å². The molecule has 5 rings (SSSR count). The Morgan fingerprint density at radius 2 is 1.84 bits per heavy atom. The van der Waals surface area contributed by atoms with Crippen LogP contribution in [0, 0.1) is 5.82 Å². The van der Waals surface area contributed by atoms with Crippen molar-refractivity contribution < 1.29 is 4.39 Å². The van der Waals surface area contributed by atoms with E-state index < -0.39 is 0 Å². The SMILES string of the molecule is O=c1c(-c2ccccc2F)cc2c(n1Cc1ccncc1)CCN(Cc1ccsc1)C2. The number of aromatic nitrogens is 2. The molecule has 0 bridgehead atoms. The Balaban J connectivity index is 1.59. The highest BCUT2D eigenvalue weighted by atomic mass is 32.1. The molecule has 156 valence electrons. The van der Waals surface area contributed by atoms with Crippen molar-refractivity contribution in [1.29, 1.82) is 0 Å². The van der Waals surface area contributed by atoms with Crippen LogP contribution in [-0.4, -0.2) is 21.0 Å². The summed E-state index contributed by atoms with van der Waals surface area (Å²) < 4.78 is 16.4. The Bertz CT molecular complexity index is 1250. The fraction of sp³-hybridized carbons (Fsp3) is 0.200. The molecule has 0 spiro atoms. The zero-order valence-electron chi connectivity index (χ0n) is 17.0. The van der Waals surface area contributed by atoms with Gasteiger partial charge in [0.15, 0.2) is 0 Å². The number of hydrogen-bond donors (Lipinski definition) is 0. The lowest BCUT2D eigenvalue weighted by molar-refractivity contribution is 0.240. The summed E-state index contributed by atoms with van der Waals surface area (Å²) in [5, 5.41) is 4.26. The van der Waals surface area contributed by atoms with Crippen LogP contribution in [0.2, 0.25) is 0 Å². The molecule has 1 aliphatic heterocycles. The number of halogens is 1. The van der Waals surface area contributed by atoms with Crippen LogP contribution in [0.1, 0.15) is 22.4 Å². The molecule has 0 fully saturated rings. The third kappa shape index (κ3) is 4.09. The third-order valence-electron chi connectivity index (χ3n) is 5.79. The monoisotopic (exact) mass is 431 g/mol. The number of rotatable bonds is 5. The van der Waals surface area contributed by atoms with Gasteiger partial charge in [-0.2, -0.15) is 11.3 Å². The summed E-state index contributed by atoms with van der Waals surface area (Å²) in [7, 11) is 0. The average Bonchev–Trinajstić information content (AvgIpc) is 3.30. The molecule has 4 nitrogen and oxygen atoms in total. The van der Waals surface area contributed by atoms with Gasteiger partial charge in [0.2, 0.25) is 0 Å². The molecule has 0 saturated heterocycles. The van der Waals surface area contributed by atoms with Gasteiger partial charge in [0, 0.05) is 49.7 Å². The zero-order valence-corrected chi connectivity index (χ0v) is 17.8. The second-order valence-corrected chi connectivity index (χ2v) is 8.63. The molecule has 0 unspecified atom stereocenters. The van der Waals surface area contributed by atoms with E-state index in [-0.39, 0.29) is 11.4 Å². The van der Waals surface area contributed by atoms with Gasteiger partial charge in [0.1, 0.15) is 5.82 Å². The highest BCUT2D eigenvalue weighted by Gasteiger charge is 2.23. The number of pyridine rings is 2. The standard InChI is InChI=1S/C25H22FN3OS/c26-23-4-2-1-3-21(23)22-13-20-16-28(14-19-8-12-31-17-19)11-7-24(20)29(25(22)30)15-18-5-9-27-10-6-18/h1-6,8-10,12-13,17H,7,11,14-16H2. The first kappa shape index (κ1) is 19.8. The molecule has 0 atom stereocenters. The Morgan fingerprint density at radius 1 is 1.00 bits per heavy atom. The van der Waals surface area contributed by atoms with Crippen LogP contribution in [0.15, 0.2) is 76.5 Å². The fourth-order valence-electron chi connectivity index (χ4n) is 4.26. The van der Waals surface area contributed by atoms with E-state index in [0.717, 1.165) is 42.9 Å². The molecule has 0 amide bonds. The first-order valence-electron chi connectivity index (χ1n) is 10.3. The van der Waals surface area contributed by atoms with E-state index in [0.29, 0.717) is 17.7 Å². The largest absolute Gasteiger partial charge is 0.307 e. The summed E-state index contributed by atoms with van der Waals surface area (Å²) >= 11 is 1.70. The minimum Gasteiger partial charge on any atom is -0.307 e. The van der Waals surface area contributed by atoms with Gasteiger partial charge in [-0.1, -0.05) is 18.2 Å². The second kappa shape index (κ2) is 8.57. The Labute approximate surface area is 184 Å². The van der Waals surface area contributed by atoms with Crippen LogP contribution in [0.3, 0.4) is 0 Å². The van der Waals surface area contributed by atoms with Crippen molar-refractivity contribution in [2.75, 3.05) is 6.54 Å². The van der Waals surface area contributed by atoms with Gasteiger partial charge in [-0.3, -0.25) is 14.7 Å². The Morgan fingerprint density at radius 3 is 2.61 bits per heavy atom. The average molecular weight is 432 g/mol.